The molecule has 1 amide bonds. The summed E-state index contributed by atoms with van der Waals surface area (Å²) in [7, 11) is 0. The van der Waals surface area contributed by atoms with Crippen LogP contribution in [0.15, 0.2) is 55.2 Å². The van der Waals surface area contributed by atoms with Crippen LogP contribution in [0, 0.1) is 6.92 Å². The molecule has 3 rings (SSSR count). The number of nitrogens with zero attached hydrogens (tertiary/aromatic N) is 2. The number of imidazole rings is 1. The van der Waals surface area contributed by atoms with Gasteiger partial charge in [0, 0.05) is 16.8 Å². The molecular formula is C17H15ClN4O. The van der Waals surface area contributed by atoms with Crippen LogP contribution in [0.5, 0.6) is 0 Å². The van der Waals surface area contributed by atoms with Crippen molar-refractivity contribution in [3.05, 3.63) is 77.2 Å². The van der Waals surface area contributed by atoms with Gasteiger partial charge in [0.15, 0.2) is 5.69 Å². The van der Waals surface area contributed by atoms with Crippen molar-refractivity contribution in [2.75, 3.05) is 0 Å². The minimum atomic E-state index is -0.325. The van der Waals surface area contributed by atoms with E-state index in [0.29, 0.717) is 16.4 Å². The first-order valence-electron chi connectivity index (χ1n) is 7.01. The Bertz CT molecular complexity index is 900. The van der Waals surface area contributed by atoms with E-state index >= 15 is 0 Å². The number of fused-ring (bicyclic) bond motifs is 1. The summed E-state index contributed by atoms with van der Waals surface area (Å²) in [5, 5.41) is 0.605. The molecule has 0 aliphatic carbocycles. The molecule has 0 atom stereocenters. The number of aromatic nitrogens is 2. The molecule has 6 heteroatoms. The standard InChI is InChI=1S/C17H15ClN4O/c1-11(13-6-5-7-14(18)10-13)20-21-17(23)16-12(2)22-9-4-3-8-15(22)19-16/h3-10,20H,1H2,2H3,(H,21,23). The number of pyridine rings is 1. The molecule has 2 aromatic heterocycles. The molecule has 0 saturated heterocycles. The normalized spacial score (nSPS) is 10.5. The number of hydrogen-bond donors (Lipinski definition) is 2. The fourth-order valence-electron chi connectivity index (χ4n) is 2.27. The first kappa shape index (κ1) is 15.1. The number of amides is 1. The van der Waals surface area contributed by atoms with Gasteiger partial charge in [0.1, 0.15) is 5.65 Å². The first-order chi connectivity index (χ1) is 11.1. The van der Waals surface area contributed by atoms with Crippen LogP contribution in [0.1, 0.15) is 21.7 Å². The number of aryl methyl sites for hydroxylation is 1. The van der Waals surface area contributed by atoms with Gasteiger partial charge in [0.05, 0.1) is 11.4 Å². The topological polar surface area (TPSA) is 58.4 Å². The maximum Gasteiger partial charge on any atom is 0.290 e. The van der Waals surface area contributed by atoms with E-state index in [1.54, 1.807) is 12.1 Å². The van der Waals surface area contributed by atoms with Crippen molar-refractivity contribution in [1.29, 1.82) is 0 Å². The number of carbonyl (C=O) groups is 1. The van der Waals surface area contributed by atoms with Crippen LogP contribution in [0.3, 0.4) is 0 Å². The van der Waals surface area contributed by atoms with Gasteiger partial charge < -0.3 is 4.40 Å². The lowest BCUT2D eigenvalue weighted by Crippen LogP contribution is -2.36. The highest BCUT2D eigenvalue weighted by Crippen LogP contribution is 2.15. The highest BCUT2D eigenvalue weighted by Gasteiger charge is 2.15. The number of halogens is 1. The van der Waals surface area contributed by atoms with E-state index < -0.39 is 0 Å². The molecule has 0 saturated carbocycles. The lowest BCUT2D eigenvalue weighted by Gasteiger charge is -2.11. The third kappa shape index (κ3) is 3.05. The second-order valence-corrected chi connectivity index (χ2v) is 5.48. The van der Waals surface area contributed by atoms with Gasteiger partial charge in [-0.25, -0.2) is 4.98 Å². The number of nitrogens with one attached hydrogen (secondary N) is 2. The van der Waals surface area contributed by atoms with E-state index in [1.165, 1.54) is 0 Å². The molecular weight excluding hydrogens is 312 g/mol. The van der Waals surface area contributed by atoms with Crippen molar-refractivity contribution >= 4 is 28.9 Å². The molecule has 0 bridgehead atoms. The van der Waals surface area contributed by atoms with Crippen LogP contribution in [-0.4, -0.2) is 15.3 Å². The Balaban J connectivity index is 1.74. The van der Waals surface area contributed by atoms with Crippen molar-refractivity contribution < 1.29 is 4.79 Å². The molecule has 0 aliphatic heterocycles. The fraction of sp³-hybridized carbons (Fsp3) is 0.0588. The Morgan fingerprint density at radius 1 is 1.22 bits per heavy atom. The largest absolute Gasteiger partial charge is 0.304 e. The third-order valence-corrected chi connectivity index (χ3v) is 3.72. The van der Waals surface area contributed by atoms with E-state index in [0.717, 1.165) is 16.9 Å². The van der Waals surface area contributed by atoms with Gasteiger partial charge in [0.25, 0.3) is 5.91 Å². The molecule has 23 heavy (non-hydrogen) atoms. The lowest BCUT2D eigenvalue weighted by molar-refractivity contribution is 0.0937. The predicted octanol–water partition coefficient (Wildman–Crippen LogP) is 3.20. The zero-order chi connectivity index (χ0) is 16.4. The summed E-state index contributed by atoms with van der Waals surface area (Å²) in [6.45, 7) is 5.73. The minimum Gasteiger partial charge on any atom is -0.304 e. The number of rotatable bonds is 4. The van der Waals surface area contributed by atoms with Crippen LogP contribution >= 0.6 is 11.6 Å². The molecule has 3 aromatic rings. The molecule has 1 aromatic carbocycles. The Morgan fingerprint density at radius 3 is 2.78 bits per heavy atom. The summed E-state index contributed by atoms with van der Waals surface area (Å²) >= 11 is 5.94. The van der Waals surface area contributed by atoms with Gasteiger partial charge in [-0.05, 0) is 31.2 Å². The Kier molecular flexibility index (Phi) is 4.04. The van der Waals surface area contributed by atoms with Gasteiger partial charge in [-0.1, -0.05) is 36.4 Å². The average molecular weight is 327 g/mol. The zero-order valence-corrected chi connectivity index (χ0v) is 13.3. The molecule has 2 heterocycles. The molecule has 0 fully saturated rings. The summed E-state index contributed by atoms with van der Waals surface area (Å²) in [5.74, 6) is -0.325. The average Bonchev–Trinajstić information content (AvgIpc) is 2.90. The molecule has 0 aliphatic rings. The zero-order valence-electron chi connectivity index (χ0n) is 12.5. The molecule has 5 nitrogen and oxygen atoms in total. The predicted molar refractivity (Wildman–Crippen MR) is 91.0 cm³/mol. The van der Waals surface area contributed by atoms with E-state index in [1.807, 2.05) is 47.9 Å². The minimum absolute atomic E-state index is 0.325. The van der Waals surface area contributed by atoms with Crippen LogP contribution < -0.4 is 10.9 Å². The van der Waals surface area contributed by atoms with Gasteiger partial charge in [-0.2, -0.15) is 0 Å². The quantitative estimate of drug-likeness (QED) is 0.724. The molecule has 116 valence electrons. The summed E-state index contributed by atoms with van der Waals surface area (Å²) in [6, 6.07) is 12.8. The van der Waals surface area contributed by atoms with Crippen molar-refractivity contribution in [3.8, 4) is 0 Å². The Morgan fingerprint density at radius 2 is 2.04 bits per heavy atom. The summed E-state index contributed by atoms with van der Waals surface area (Å²) in [6.07, 6.45) is 1.87. The van der Waals surface area contributed by atoms with Gasteiger partial charge in [-0.3, -0.25) is 15.6 Å². The summed E-state index contributed by atoms with van der Waals surface area (Å²) in [5.41, 5.74) is 8.61. The smallest absolute Gasteiger partial charge is 0.290 e. The first-order valence-corrected chi connectivity index (χ1v) is 7.39. The van der Waals surface area contributed by atoms with E-state index in [2.05, 4.69) is 22.4 Å². The van der Waals surface area contributed by atoms with Gasteiger partial charge in [-0.15, -0.1) is 0 Å². The van der Waals surface area contributed by atoms with Crippen LogP contribution in [0.4, 0.5) is 0 Å². The highest BCUT2D eigenvalue weighted by atomic mass is 35.5. The third-order valence-electron chi connectivity index (χ3n) is 3.48. The van der Waals surface area contributed by atoms with Crippen LogP contribution in [0.2, 0.25) is 5.02 Å². The second kappa shape index (κ2) is 6.14. The highest BCUT2D eigenvalue weighted by molar-refractivity contribution is 6.30. The van der Waals surface area contributed by atoms with Crippen molar-refractivity contribution in [2.45, 2.75) is 6.92 Å². The number of hydrazine groups is 1. The van der Waals surface area contributed by atoms with E-state index in [9.17, 15) is 4.79 Å². The van der Waals surface area contributed by atoms with Crippen molar-refractivity contribution in [2.24, 2.45) is 0 Å². The molecule has 0 spiro atoms. The maximum atomic E-state index is 12.3. The molecule has 0 radical (unpaired) electrons. The number of hydrogen-bond acceptors (Lipinski definition) is 3. The van der Waals surface area contributed by atoms with E-state index in [-0.39, 0.29) is 5.91 Å². The van der Waals surface area contributed by atoms with E-state index in [4.69, 9.17) is 11.6 Å². The van der Waals surface area contributed by atoms with Crippen molar-refractivity contribution in [3.63, 3.8) is 0 Å². The Labute approximate surface area is 138 Å². The lowest BCUT2D eigenvalue weighted by atomic mass is 10.2. The van der Waals surface area contributed by atoms with Crippen LogP contribution in [0.25, 0.3) is 11.3 Å². The SMILES string of the molecule is C=C(NNC(=O)c1nc2ccccn2c1C)c1cccc(Cl)c1. The summed E-state index contributed by atoms with van der Waals surface area (Å²) < 4.78 is 1.86. The van der Waals surface area contributed by atoms with Gasteiger partial charge >= 0.3 is 0 Å². The summed E-state index contributed by atoms with van der Waals surface area (Å²) in [4.78, 5) is 16.7. The molecule has 0 unspecified atom stereocenters. The molecule has 2 N–H and O–H groups in total. The van der Waals surface area contributed by atoms with Crippen LogP contribution in [-0.2, 0) is 0 Å². The maximum absolute atomic E-state index is 12.3. The van der Waals surface area contributed by atoms with Gasteiger partial charge in [0.2, 0.25) is 0 Å². The second-order valence-electron chi connectivity index (χ2n) is 5.04. The number of benzene rings is 1. The fourth-order valence-corrected chi connectivity index (χ4v) is 2.46. The van der Waals surface area contributed by atoms with Crippen molar-refractivity contribution in [1.82, 2.24) is 20.2 Å². The Hall–Kier alpha value is -2.79. The monoisotopic (exact) mass is 326 g/mol. The number of carbonyl (C=O) groups excluding carboxylic acids is 1.